The van der Waals surface area contributed by atoms with Crippen molar-refractivity contribution in [2.75, 3.05) is 33.2 Å². The van der Waals surface area contributed by atoms with Gasteiger partial charge in [-0.05, 0) is 26.5 Å². The van der Waals surface area contributed by atoms with Crippen molar-refractivity contribution < 1.29 is 4.79 Å². The third kappa shape index (κ3) is 3.95. The zero-order valence-electron chi connectivity index (χ0n) is 12.5. The molecule has 0 bridgehead atoms. The van der Waals surface area contributed by atoms with Gasteiger partial charge in [0.05, 0.1) is 5.54 Å². The lowest BCUT2D eigenvalue weighted by Crippen LogP contribution is -2.57. The van der Waals surface area contributed by atoms with Crippen molar-refractivity contribution in [2.24, 2.45) is 0 Å². The first-order valence-corrected chi connectivity index (χ1v) is 7.05. The van der Waals surface area contributed by atoms with E-state index in [1.807, 2.05) is 49.2 Å². The maximum absolute atomic E-state index is 12.1. The lowest BCUT2D eigenvalue weighted by Gasteiger charge is -2.34. The number of benzene rings is 1. The summed E-state index contributed by atoms with van der Waals surface area (Å²) in [5, 5.41) is 4.99. The van der Waals surface area contributed by atoms with Gasteiger partial charge in [-0.1, -0.05) is 30.3 Å². The van der Waals surface area contributed by atoms with E-state index < -0.39 is 5.54 Å². The van der Waals surface area contributed by atoms with Gasteiger partial charge in [0.25, 0.3) is 0 Å². The summed E-state index contributed by atoms with van der Waals surface area (Å²) in [6, 6.07) is 9.84. The minimum absolute atomic E-state index is 0.150. The van der Waals surface area contributed by atoms with Gasteiger partial charge in [-0.25, -0.2) is 9.80 Å². The molecule has 5 nitrogen and oxygen atoms in total. The Morgan fingerprint density at radius 2 is 1.70 bits per heavy atom. The van der Waals surface area contributed by atoms with E-state index >= 15 is 0 Å². The molecule has 110 valence electrons. The van der Waals surface area contributed by atoms with Gasteiger partial charge in [-0.3, -0.25) is 5.43 Å². The normalized spacial score (nSPS) is 17.8. The van der Waals surface area contributed by atoms with E-state index in [-0.39, 0.29) is 6.03 Å². The number of rotatable bonds is 3. The second-order valence-electron chi connectivity index (χ2n) is 5.85. The van der Waals surface area contributed by atoms with Crippen LogP contribution in [0.5, 0.6) is 0 Å². The summed E-state index contributed by atoms with van der Waals surface area (Å²) >= 11 is 0. The smallest absolute Gasteiger partial charge is 0.328 e. The summed E-state index contributed by atoms with van der Waals surface area (Å²) in [7, 11) is 2.09. The lowest BCUT2D eigenvalue weighted by atomic mass is 9.95. The van der Waals surface area contributed by atoms with Crippen molar-refractivity contribution in [3.63, 3.8) is 0 Å². The maximum Gasteiger partial charge on any atom is 0.329 e. The van der Waals surface area contributed by atoms with Gasteiger partial charge in [0.1, 0.15) is 0 Å². The number of nitrogens with zero attached hydrogens (tertiary/aromatic N) is 2. The molecule has 0 aliphatic carbocycles. The van der Waals surface area contributed by atoms with Crippen LogP contribution in [0.4, 0.5) is 4.79 Å². The van der Waals surface area contributed by atoms with Crippen LogP contribution >= 0.6 is 0 Å². The van der Waals surface area contributed by atoms with Crippen molar-refractivity contribution in [3.8, 4) is 0 Å². The molecular weight excluding hydrogens is 252 g/mol. The number of carbonyl (C=O) groups is 1. The lowest BCUT2D eigenvalue weighted by molar-refractivity contribution is 0.110. The Labute approximate surface area is 120 Å². The number of hydrogen-bond acceptors (Lipinski definition) is 3. The van der Waals surface area contributed by atoms with Crippen LogP contribution in [0.1, 0.15) is 19.4 Å². The highest BCUT2D eigenvalue weighted by molar-refractivity contribution is 5.74. The van der Waals surface area contributed by atoms with Crippen LogP contribution in [0.25, 0.3) is 0 Å². The Morgan fingerprint density at radius 1 is 1.10 bits per heavy atom. The average molecular weight is 276 g/mol. The van der Waals surface area contributed by atoms with E-state index in [0.717, 1.165) is 31.7 Å². The number of hydrogen-bond donors (Lipinski definition) is 2. The summed E-state index contributed by atoms with van der Waals surface area (Å²) in [5.74, 6) is 0. The Morgan fingerprint density at radius 3 is 2.30 bits per heavy atom. The minimum atomic E-state index is -0.391. The number of urea groups is 1. The number of likely N-dealkylation sites (N-methyl/N-ethyl adjacent to an activating group) is 1. The molecule has 0 unspecified atom stereocenters. The second-order valence-corrected chi connectivity index (χ2v) is 5.85. The SMILES string of the molecule is CN1CCN(NC(=O)NC(C)(C)c2ccccc2)CC1. The number of piperazine rings is 1. The summed E-state index contributed by atoms with van der Waals surface area (Å²) < 4.78 is 0. The number of nitrogens with one attached hydrogen (secondary N) is 2. The van der Waals surface area contributed by atoms with Crippen molar-refractivity contribution >= 4 is 6.03 Å². The summed E-state index contributed by atoms with van der Waals surface area (Å²) in [6.07, 6.45) is 0. The molecular formula is C15H24N4O. The monoisotopic (exact) mass is 276 g/mol. The van der Waals surface area contributed by atoms with Crippen molar-refractivity contribution in [1.29, 1.82) is 0 Å². The highest BCUT2D eigenvalue weighted by Gasteiger charge is 2.24. The molecule has 0 atom stereocenters. The highest BCUT2D eigenvalue weighted by atomic mass is 16.2. The largest absolute Gasteiger partial charge is 0.329 e. The molecule has 2 rings (SSSR count). The molecule has 2 amide bonds. The standard InChI is InChI=1S/C15H24N4O/c1-15(2,13-7-5-4-6-8-13)16-14(20)17-19-11-9-18(3)10-12-19/h4-8H,9-12H2,1-3H3,(H2,16,17,20). The number of amides is 2. The Kier molecular flexibility index (Phi) is 4.62. The average Bonchev–Trinajstić information content (AvgIpc) is 2.42. The fourth-order valence-electron chi connectivity index (χ4n) is 2.30. The van der Waals surface area contributed by atoms with Gasteiger partial charge < -0.3 is 10.2 Å². The first-order valence-electron chi connectivity index (χ1n) is 7.05. The zero-order valence-corrected chi connectivity index (χ0v) is 12.5. The molecule has 1 aliphatic heterocycles. The van der Waals surface area contributed by atoms with Crippen molar-refractivity contribution in [1.82, 2.24) is 20.7 Å². The van der Waals surface area contributed by atoms with E-state index in [1.54, 1.807) is 0 Å². The molecule has 0 radical (unpaired) electrons. The van der Waals surface area contributed by atoms with Crippen LogP contribution in [-0.4, -0.2) is 49.2 Å². The maximum atomic E-state index is 12.1. The van der Waals surface area contributed by atoms with E-state index in [4.69, 9.17) is 0 Å². The predicted molar refractivity (Wildman–Crippen MR) is 80.2 cm³/mol. The third-order valence-electron chi connectivity index (χ3n) is 3.68. The van der Waals surface area contributed by atoms with E-state index in [9.17, 15) is 4.79 Å². The van der Waals surface area contributed by atoms with Crippen molar-refractivity contribution in [2.45, 2.75) is 19.4 Å². The molecule has 0 aromatic heterocycles. The van der Waals surface area contributed by atoms with Crippen LogP contribution in [0.3, 0.4) is 0 Å². The van der Waals surface area contributed by atoms with Crippen LogP contribution < -0.4 is 10.7 Å². The second kappa shape index (κ2) is 6.24. The molecule has 0 spiro atoms. The molecule has 5 heteroatoms. The van der Waals surface area contributed by atoms with Gasteiger partial charge in [0.15, 0.2) is 0 Å². The van der Waals surface area contributed by atoms with Gasteiger partial charge in [0.2, 0.25) is 0 Å². The molecule has 1 aromatic carbocycles. The Hall–Kier alpha value is -1.59. The van der Waals surface area contributed by atoms with Crippen LogP contribution in [-0.2, 0) is 5.54 Å². The molecule has 0 saturated carbocycles. The van der Waals surface area contributed by atoms with Gasteiger partial charge in [-0.15, -0.1) is 0 Å². The molecule has 1 heterocycles. The first-order chi connectivity index (χ1) is 9.47. The predicted octanol–water partition coefficient (Wildman–Crippen LogP) is 1.38. The molecule has 1 aromatic rings. The van der Waals surface area contributed by atoms with E-state index in [0.29, 0.717) is 0 Å². The fraction of sp³-hybridized carbons (Fsp3) is 0.533. The number of hydrazine groups is 1. The first kappa shape index (κ1) is 14.8. The summed E-state index contributed by atoms with van der Waals surface area (Å²) in [4.78, 5) is 14.4. The Balaban J connectivity index is 1.88. The molecule has 1 fully saturated rings. The van der Waals surface area contributed by atoms with Crippen LogP contribution in [0.15, 0.2) is 30.3 Å². The van der Waals surface area contributed by atoms with E-state index in [2.05, 4.69) is 22.7 Å². The third-order valence-corrected chi connectivity index (χ3v) is 3.68. The minimum Gasteiger partial charge on any atom is -0.328 e. The highest BCUT2D eigenvalue weighted by Crippen LogP contribution is 2.19. The molecule has 1 aliphatic rings. The zero-order chi connectivity index (χ0) is 14.6. The summed E-state index contributed by atoms with van der Waals surface area (Å²) in [6.45, 7) is 7.67. The quantitative estimate of drug-likeness (QED) is 0.877. The van der Waals surface area contributed by atoms with Gasteiger partial charge in [-0.2, -0.15) is 0 Å². The van der Waals surface area contributed by atoms with Crippen LogP contribution in [0, 0.1) is 0 Å². The van der Waals surface area contributed by atoms with Gasteiger partial charge in [0, 0.05) is 26.2 Å². The molecule has 1 saturated heterocycles. The molecule has 2 N–H and O–H groups in total. The van der Waals surface area contributed by atoms with E-state index in [1.165, 1.54) is 0 Å². The fourth-order valence-corrected chi connectivity index (χ4v) is 2.30. The number of carbonyl (C=O) groups excluding carboxylic acids is 1. The van der Waals surface area contributed by atoms with Crippen molar-refractivity contribution in [3.05, 3.63) is 35.9 Å². The Bertz CT molecular complexity index is 438. The summed E-state index contributed by atoms with van der Waals surface area (Å²) in [5.41, 5.74) is 3.62. The van der Waals surface area contributed by atoms with Crippen LogP contribution in [0.2, 0.25) is 0 Å². The van der Waals surface area contributed by atoms with Gasteiger partial charge >= 0.3 is 6.03 Å². The molecule has 20 heavy (non-hydrogen) atoms. The topological polar surface area (TPSA) is 47.6 Å².